The van der Waals surface area contributed by atoms with Crippen LogP contribution in [0.5, 0.6) is 0 Å². The van der Waals surface area contributed by atoms with Crippen molar-refractivity contribution in [3.05, 3.63) is 18.1 Å². The topological polar surface area (TPSA) is 66.3 Å². The van der Waals surface area contributed by atoms with Gasteiger partial charge in [-0.2, -0.15) is 0 Å². The Morgan fingerprint density at radius 1 is 1.47 bits per heavy atom. The molecule has 0 saturated carbocycles. The van der Waals surface area contributed by atoms with Crippen LogP contribution in [-0.2, 0) is 4.79 Å². The van der Waals surface area contributed by atoms with Crippen molar-refractivity contribution in [3.8, 4) is 0 Å². The third kappa shape index (κ3) is 2.93. The monoisotopic (exact) mass is 235 g/mol. The maximum absolute atomic E-state index is 10.7. The summed E-state index contributed by atoms with van der Waals surface area (Å²) in [5.74, 6) is 0.0560. The van der Waals surface area contributed by atoms with Crippen molar-refractivity contribution in [2.75, 3.05) is 18.0 Å². The standard InChI is InChI=1S/C12H17N3O2/c1-9(6-12(16)17)10-7-11(14-8-13-10)15-4-2-3-5-15/h7-9H,2-6H2,1H3,(H,16,17). The molecular weight excluding hydrogens is 218 g/mol. The summed E-state index contributed by atoms with van der Waals surface area (Å²) in [6.45, 7) is 3.94. The molecule has 1 aromatic heterocycles. The van der Waals surface area contributed by atoms with E-state index in [0.29, 0.717) is 0 Å². The zero-order valence-electron chi connectivity index (χ0n) is 9.96. The fraction of sp³-hybridized carbons (Fsp3) is 0.583. The van der Waals surface area contributed by atoms with Crippen LogP contribution >= 0.6 is 0 Å². The Morgan fingerprint density at radius 2 is 2.18 bits per heavy atom. The van der Waals surface area contributed by atoms with E-state index in [1.54, 1.807) is 0 Å². The average molecular weight is 235 g/mol. The number of aliphatic carboxylic acids is 1. The highest BCUT2D eigenvalue weighted by Crippen LogP contribution is 2.22. The van der Waals surface area contributed by atoms with Crippen molar-refractivity contribution < 1.29 is 9.90 Å². The van der Waals surface area contributed by atoms with Crippen molar-refractivity contribution in [2.24, 2.45) is 0 Å². The molecule has 5 heteroatoms. The number of aromatic nitrogens is 2. The molecule has 17 heavy (non-hydrogen) atoms. The minimum absolute atomic E-state index is 0.0724. The highest BCUT2D eigenvalue weighted by molar-refractivity contribution is 5.67. The van der Waals surface area contributed by atoms with Crippen LogP contribution < -0.4 is 4.90 Å². The van der Waals surface area contributed by atoms with Crippen LogP contribution in [0.3, 0.4) is 0 Å². The summed E-state index contributed by atoms with van der Waals surface area (Å²) in [5.41, 5.74) is 0.810. The normalized spacial score (nSPS) is 17.1. The van der Waals surface area contributed by atoms with Gasteiger partial charge in [0.1, 0.15) is 12.1 Å². The molecule has 1 aromatic rings. The predicted molar refractivity (Wildman–Crippen MR) is 64.1 cm³/mol. The van der Waals surface area contributed by atoms with Crippen LogP contribution in [0.1, 0.15) is 37.8 Å². The molecule has 2 heterocycles. The lowest BCUT2D eigenvalue weighted by Crippen LogP contribution is -2.19. The predicted octanol–water partition coefficient (Wildman–Crippen LogP) is 1.66. The van der Waals surface area contributed by atoms with Crippen LogP contribution in [0.4, 0.5) is 5.82 Å². The van der Waals surface area contributed by atoms with Crippen LogP contribution in [0, 0.1) is 0 Å². The van der Waals surface area contributed by atoms with Crippen molar-refractivity contribution in [2.45, 2.75) is 32.1 Å². The summed E-state index contributed by atoms with van der Waals surface area (Å²) in [6.07, 6.45) is 4.03. The fourth-order valence-electron chi connectivity index (χ4n) is 2.12. The number of carboxylic acid groups (broad SMARTS) is 1. The molecule has 0 aromatic carbocycles. The first-order valence-electron chi connectivity index (χ1n) is 5.95. The lowest BCUT2D eigenvalue weighted by molar-refractivity contribution is -0.137. The molecule has 2 rings (SSSR count). The second-order valence-electron chi connectivity index (χ2n) is 4.49. The largest absolute Gasteiger partial charge is 0.481 e. The van der Waals surface area contributed by atoms with Crippen LogP contribution in [0.2, 0.25) is 0 Å². The summed E-state index contributed by atoms with van der Waals surface area (Å²) < 4.78 is 0. The zero-order valence-corrected chi connectivity index (χ0v) is 9.96. The number of hydrogen-bond donors (Lipinski definition) is 1. The molecule has 1 saturated heterocycles. The van der Waals surface area contributed by atoms with E-state index in [0.717, 1.165) is 24.6 Å². The molecule has 0 amide bonds. The number of nitrogens with zero attached hydrogens (tertiary/aromatic N) is 3. The summed E-state index contributed by atoms with van der Waals surface area (Å²) in [6, 6.07) is 1.92. The first-order valence-corrected chi connectivity index (χ1v) is 5.95. The molecule has 1 aliphatic rings. The van der Waals surface area contributed by atoms with E-state index in [4.69, 9.17) is 5.11 Å². The van der Waals surface area contributed by atoms with Gasteiger partial charge in [-0.15, -0.1) is 0 Å². The quantitative estimate of drug-likeness (QED) is 0.859. The van der Waals surface area contributed by atoms with Crippen molar-refractivity contribution >= 4 is 11.8 Å². The van der Waals surface area contributed by atoms with Gasteiger partial charge in [-0.3, -0.25) is 4.79 Å². The number of rotatable bonds is 4. The van der Waals surface area contributed by atoms with Crippen LogP contribution in [0.25, 0.3) is 0 Å². The van der Waals surface area contributed by atoms with Gasteiger partial charge in [0.05, 0.1) is 6.42 Å². The summed E-state index contributed by atoms with van der Waals surface area (Å²) in [7, 11) is 0. The Balaban J connectivity index is 2.12. The lowest BCUT2D eigenvalue weighted by atomic mass is 10.0. The van der Waals surface area contributed by atoms with Gasteiger partial charge in [-0.05, 0) is 12.8 Å². The number of carboxylic acids is 1. The molecule has 0 aliphatic carbocycles. The Kier molecular flexibility index (Phi) is 3.56. The third-order valence-electron chi connectivity index (χ3n) is 3.09. The van der Waals surface area contributed by atoms with Gasteiger partial charge in [0, 0.05) is 30.8 Å². The number of anilines is 1. The van der Waals surface area contributed by atoms with Gasteiger partial charge in [0.2, 0.25) is 0 Å². The van der Waals surface area contributed by atoms with Gasteiger partial charge < -0.3 is 10.0 Å². The van der Waals surface area contributed by atoms with E-state index in [-0.39, 0.29) is 12.3 Å². The molecule has 1 fully saturated rings. The van der Waals surface area contributed by atoms with Crippen LogP contribution in [-0.4, -0.2) is 34.1 Å². The molecule has 0 bridgehead atoms. The highest BCUT2D eigenvalue weighted by atomic mass is 16.4. The molecule has 1 aliphatic heterocycles. The van der Waals surface area contributed by atoms with E-state index in [1.807, 2.05) is 13.0 Å². The first-order chi connectivity index (χ1) is 8.16. The summed E-state index contributed by atoms with van der Waals surface area (Å²) in [5, 5.41) is 8.77. The Hall–Kier alpha value is -1.65. The highest BCUT2D eigenvalue weighted by Gasteiger charge is 2.17. The van der Waals surface area contributed by atoms with E-state index in [2.05, 4.69) is 14.9 Å². The minimum Gasteiger partial charge on any atom is -0.481 e. The smallest absolute Gasteiger partial charge is 0.304 e. The minimum atomic E-state index is -0.793. The van der Waals surface area contributed by atoms with Crippen molar-refractivity contribution in [1.82, 2.24) is 9.97 Å². The van der Waals surface area contributed by atoms with Crippen LogP contribution in [0.15, 0.2) is 12.4 Å². The molecule has 0 spiro atoms. The molecular formula is C12H17N3O2. The maximum atomic E-state index is 10.7. The zero-order chi connectivity index (χ0) is 12.3. The van der Waals surface area contributed by atoms with Gasteiger partial charge in [0.25, 0.3) is 0 Å². The summed E-state index contributed by atoms with van der Waals surface area (Å²) in [4.78, 5) is 21.3. The summed E-state index contributed by atoms with van der Waals surface area (Å²) >= 11 is 0. The van der Waals surface area contributed by atoms with Crippen molar-refractivity contribution in [1.29, 1.82) is 0 Å². The Bertz CT molecular complexity index is 402. The Morgan fingerprint density at radius 3 is 2.82 bits per heavy atom. The first kappa shape index (κ1) is 11.8. The second kappa shape index (κ2) is 5.12. The molecule has 0 radical (unpaired) electrons. The molecule has 1 N–H and O–H groups in total. The van der Waals surface area contributed by atoms with E-state index in [9.17, 15) is 4.79 Å². The number of hydrogen-bond acceptors (Lipinski definition) is 4. The lowest BCUT2D eigenvalue weighted by Gasteiger charge is -2.17. The SMILES string of the molecule is CC(CC(=O)O)c1cc(N2CCCC2)ncn1. The maximum Gasteiger partial charge on any atom is 0.304 e. The molecule has 1 unspecified atom stereocenters. The van der Waals surface area contributed by atoms with E-state index < -0.39 is 5.97 Å². The van der Waals surface area contributed by atoms with E-state index in [1.165, 1.54) is 19.2 Å². The average Bonchev–Trinajstić information content (AvgIpc) is 2.82. The Labute approximate surface area is 100 Å². The molecule has 5 nitrogen and oxygen atoms in total. The molecule has 92 valence electrons. The van der Waals surface area contributed by atoms with Gasteiger partial charge in [-0.25, -0.2) is 9.97 Å². The third-order valence-corrected chi connectivity index (χ3v) is 3.09. The van der Waals surface area contributed by atoms with Gasteiger partial charge >= 0.3 is 5.97 Å². The second-order valence-corrected chi connectivity index (χ2v) is 4.49. The number of carbonyl (C=O) groups is 1. The van der Waals surface area contributed by atoms with Gasteiger partial charge in [-0.1, -0.05) is 6.92 Å². The van der Waals surface area contributed by atoms with Crippen molar-refractivity contribution in [3.63, 3.8) is 0 Å². The fourth-order valence-corrected chi connectivity index (χ4v) is 2.12. The van der Waals surface area contributed by atoms with E-state index >= 15 is 0 Å². The molecule has 1 atom stereocenters. The van der Waals surface area contributed by atoms with Gasteiger partial charge in [0.15, 0.2) is 0 Å².